The summed E-state index contributed by atoms with van der Waals surface area (Å²) in [4.78, 5) is 8.09. The Labute approximate surface area is 102 Å². The summed E-state index contributed by atoms with van der Waals surface area (Å²) in [5.74, 6) is 0.932. The van der Waals surface area contributed by atoms with Crippen LogP contribution in [0.25, 0.3) is 0 Å². The Morgan fingerprint density at radius 1 is 1.44 bits per heavy atom. The number of aromatic nitrogens is 2. The van der Waals surface area contributed by atoms with Crippen LogP contribution in [0.3, 0.4) is 0 Å². The molecule has 0 aliphatic carbocycles. The molecule has 5 nitrogen and oxygen atoms in total. The summed E-state index contributed by atoms with van der Waals surface area (Å²) in [6.07, 6.45) is 2.06. The molecule has 2 N–H and O–H groups in total. The van der Waals surface area contributed by atoms with Gasteiger partial charge in [-0.2, -0.15) is 9.97 Å². The fourth-order valence-electron chi connectivity index (χ4n) is 1.58. The monoisotopic (exact) mass is 287 g/mol. The highest BCUT2D eigenvalue weighted by molar-refractivity contribution is 9.10. The lowest BCUT2D eigenvalue weighted by atomic mass is 10.0. The molecule has 0 spiro atoms. The Morgan fingerprint density at radius 3 is 2.88 bits per heavy atom. The van der Waals surface area contributed by atoms with Crippen LogP contribution in [0, 0.1) is 5.92 Å². The van der Waals surface area contributed by atoms with Gasteiger partial charge in [0.2, 0.25) is 0 Å². The van der Waals surface area contributed by atoms with Gasteiger partial charge in [0.05, 0.1) is 6.61 Å². The van der Waals surface area contributed by atoms with Crippen molar-refractivity contribution in [3.05, 3.63) is 10.7 Å². The van der Waals surface area contributed by atoms with Gasteiger partial charge in [-0.05, 0) is 34.7 Å². The van der Waals surface area contributed by atoms with Crippen molar-refractivity contribution in [3.63, 3.8) is 0 Å². The molecule has 16 heavy (non-hydrogen) atoms. The van der Waals surface area contributed by atoms with Gasteiger partial charge in [-0.1, -0.05) is 0 Å². The Balaban J connectivity index is 1.88. The zero-order valence-electron chi connectivity index (χ0n) is 8.86. The zero-order chi connectivity index (χ0) is 11.4. The van der Waals surface area contributed by atoms with Gasteiger partial charge in [0, 0.05) is 19.3 Å². The van der Waals surface area contributed by atoms with Gasteiger partial charge in [-0.25, -0.2) is 0 Å². The first kappa shape index (κ1) is 11.6. The van der Waals surface area contributed by atoms with Crippen molar-refractivity contribution in [1.82, 2.24) is 9.97 Å². The molecule has 1 aliphatic heterocycles. The number of ether oxygens (including phenoxy) is 2. The number of anilines is 1. The van der Waals surface area contributed by atoms with E-state index in [2.05, 4.69) is 25.9 Å². The van der Waals surface area contributed by atoms with Crippen LogP contribution in [0.2, 0.25) is 0 Å². The Morgan fingerprint density at radius 2 is 2.19 bits per heavy atom. The van der Waals surface area contributed by atoms with Crippen LogP contribution in [-0.4, -0.2) is 29.8 Å². The SMILES string of the molecule is Nc1cc(Br)nc(OCC2CCOCC2)n1. The van der Waals surface area contributed by atoms with Crippen molar-refractivity contribution in [3.8, 4) is 6.01 Å². The number of halogens is 1. The zero-order valence-corrected chi connectivity index (χ0v) is 10.4. The predicted molar refractivity (Wildman–Crippen MR) is 63.2 cm³/mol. The highest BCUT2D eigenvalue weighted by atomic mass is 79.9. The highest BCUT2D eigenvalue weighted by Crippen LogP contribution is 2.18. The van der Waals surface area contributed by atoms with Gasteiger partial charge >= 0.3 is 6.01 Å². The molecule has 0 aromatic carbocycles. The van der Waals surface area contributed by atoms with Crippen LogP contribution >= 0.6 is 15.9 Å². The van der Waals surface area contributed by atoms with E-state index in [0.717, 1.165) is 26.1 Å². The van der Waals surface area contributed by atoms with Crippen LogP contribution in [0.4, 0.5) is 5.82 Å². The Hall–Kier alpha value is -0.880. The lowest BCUT2D eigenvalue weighted by molar-refractivity contribution is 0.0482. The molecule has 0 saturated carbocycles. The number of rotatable bonds is 3. The third kappa shape index (κ3) is 3.31. The fourth-order valence-corrected chi connectivity index (χ4v) is 1.97. The fraction of sp³-hybridized carbons (Fsp3) is 0.600. The van der Waals surface area contributed by atoms with Crippen molar-refractivity contribution in [1.29, 1.82) is 0 Å². The molecule has 2 rings (SSSR count). The van der Waals surface area contributed by atoms with Gasteiger partial charge in [0.15, 0.2) is 0 Å². The van der Waals surface area contributed by atoms with Crippen LogP contribution in [-0.2, 0) is 4.74 Å². The maximum Gasteiger partial charge on any atom is 0.319 e. The largest absolute Gasteiger partial charge is 0.463 e. The Bertz CT molecular complexity index is 336. The van der Waals surface area contributed by atoms with Crippen molar-refractivity contribution in [2.24, 2.45) is 5.92 Å². The first-order valence-corrected chi connectivity index (χ1v) is 6.04. The van der Waals surface area contributed by atoms with Gasteiger partial charge in [0.25, 0.3) is 0 Å². The minimum Gasteiger partial charge on any atom is -0.463 e. The summed E-state index contributed by atoms with van der Waals surface area (Å²) in [6, 6.07) is 1.97. The summed E-state index contributed by atoms with van der Waals surface area (Å²) >= 11 is 3.25. The van der Waals surface area contributed by atoms with Gasteiger partial charge in [-0.3, -0.25) is 0 Å². The van der Waals surface area contributed by atoms with E-state index in [1.54, 1.807) is 6.07 Å². The lowest BCUT2D eigenvalue weighted by Gasteiger charge is -2.21. The third-order valence-corrected chi connectivity index (χ3v) is 2.89. The average molecular weight is 288 g/mol. The maximum atomic E-state index is 5.59. The van der Waals surface area contributed by atoms with E-state index in [9.17, 15) is 0 Å². The van der Waals surface area contributed by atoms with Crippen molar-refractivity contribution in [2.75, 3.05) is 25.6 Å². The van der Waals surface area contributed by atoms with Crippen LogP contribution < -0.4 is 10.5 Å². The van der Waals surface area contributed by atoms with E-state index in [1.165, 1.54) is 0 Å². The minimum atomic E-state index is 0.332. The second kappa shape index (κ2) is 5.45. The summed E-state index contributed by atoms with van der Waals surface area (Å²) in [7, 11) is 0. The molecule has 88 valence electrons. The van der Waals surface area contributed by atoms with E-state index >= 15 is 0 Å². The molecule has 0 amide bonds. The highest BCUT2D eigenvalue weighted by Gasteiger charge is 2.15. The molecule has 0 bridgehead atoms. The number of nitrogen functional groups attached to an aromatic ring is 1. The number of hydrogen-bond donors (Lipinski definition) is 1. The first-order valence-electron chi connectivity index (χ1n) is 5.24. The molecule has 1 aliphatic rings. The van der Waals surface area contributed by atoms with Crippen LogP contribution in [0.15, 0.2) is 10.7 Å². The van der Waals surface area contributed by atoms with Crippen LogP contribution in [0.1, 0.15) is 12.8 Å². The predicted octanol–water partition coefficient (Wildman–Crippen LogP) is 1.63. The van der Waals surface area contributed by atoms with Crippen LogP contribution in [0.5, 0.6) is 6.01 Å². The molecule has 2 heterocycles. The first-order chi connectivity index (χ1) is 7.74. The molecular weight excluding hydrogens is 274 g/mol. The molecular formula is C10H14BrN3O2. The van der Waals surface area contributed by atoms with Crippen molar-refractivity contribution in [2.45, 2.75) is 12.8 Å². The molecule has 0 atom stereocenters. The number of nitrogens with two attached hydrogens (primary N) is 1. The molecule has 0 unspecified atom stereocenters. The molecule has 1 saturated heterocycles. The quantitative estimate of drug-likeness (QED) is 0.856. The normalized spacial score (nSPS) is 17.3. The lowest BCUT2D eigenvalue weighted by Crippen LogP contribution is -2.22. The average Bonchev–Trinajstić information content (AvgIpc) is 2.27. The maximum absolute atomic E-state index is 5.59. The number of nitrogens with zero attached hydrogens (tertiary/aromatic N) is 2. The van der Waals surface area contributed by atoms with Gasteiger partial charge in [-0.15, -0.1) is 0 Å². The standard InChI is InChI=1S/C10H14BrN3O2/c11-8-5-9(12)14-10(13-8)16-6-7-1-3-15-4-2-7/h5,7H,1-4,6H2,(H2,12,13,14). The smallest absolute Gasteiger partial charge is 0.319 e. The molecule has 1 aromatic heterocycles. The number of hydrogen-bond acceptors (Lipinski definition) is 5. The van der Waals surface area contributed by atoms with Crippen molar-refractivity contribution < 1.29 is 9.47 Å². The summed E-state index contributed by atoms with van der Waals surface area (Å²) in [6.45, 7) is 2.25. The van der Waals surface area contributed by atoms with E-state index in [-0.39, 0.29) is 0 Å². The van der Waals surface area contributed by atoms with E-state index in [0.29, 0.717) is 29.0 Å². The molecule has 1 aromatic rings. The second-order valence-electron chi connectivity index (χ2n) is 3.76. The third-order valence-electron chi connectivity index (χ3n) is 2.48. The van der Waals surface area contributed by atoms with E-state index in [4.69, 9.17) is 15.2 Å². The topological polar surface area (TPSA) is 70.3 Å². The minimum absolute atomic E-state index is 0.332. The van der Waals surface area contributed by atoms with Crippen molar-refractivity contribution >= 4 is 21.7 Å². The molecule has 6 heteroatoms. The molecule has 1 fully saturated rings. The Kier molecular flexibility index (Phi) is 3.95. The molecule has 0 radical (unpaired) electrons. The summed E-state index contributed by atoms with van der Waals surface area (Å²) < 4.78 is 11.4. The van der Waals surface area contributed by atoms with Gasteiger partial charge < -0.3 is 15.2 Å². The van der Waals surface area contributed by atoms with E-state index < -0.39 is 0 Å². The summed E-state index contributed by atoms with van der Waals surface area (Å²) in [5.41, 5.74) is 5.59. The summed E-state index contributed by atoms with van der Waals surface area (Å²) in [5, 5.41) is 0. The van der Waals surface area contributed by atoms with Gasteiger partial charge in [0.1, 0.15) is 10.4 Å². The second-order valence-corrected chi connectivity index (χ2v) is 4.58. The van der Waals surface area contributed by atoms with E-state index in [1.807, 2.05) is 0 Å².